The number of alkyl halides is 3. The molecule has 0 heterocycles. The van der Waals surface area contributed by atoms with Crippen molar-refractivity contribution >= 4 is 23.1 Å². The van der Waals surface area contributed by atoms with E-state index in [-0.39, 0.29) is 6.42 Å². The molecule has 1 N–H and O–H groups in total. The number of benzene rings is 1. The summed E-state index contributed by atoms with van der Waals surface area (Å²) in [6.07, 6.45) is -4.87. The van der Waals surface area contributed by atoms with Gasteiger partial charge in [-0.05, 0) is 12.1 Å². The van der Waals surface area contributed by atoms with Crippen molar-refractivity contribution in [1.82, 2.24) is 0 Å². The van der Waals surface area contributed by atoms with E-state index < -0.39 is 39.7 Å². The highest BCUT2D eigenvalue weighted by atomic mass is 19.4. The Hall–Kier alpha value is -2.45. The number of nitro groups is 1. The van der Waals surface area contributed by atoms with Crippen molar-refractivity contribution < 1.29 is 27.7 Å². The molecule has 0 unspecified atom stereocenters. The lowest BCUT2D eigenvalue weighted by Gasteiger charge is -2.09. The predicted octanol–water partition coefficient (Wildman–Crippen LogP) is 2.53. The molecular formula is C11H9F3N2O4. The Morgan fingerprint density at radius 3 is 2.40 bits per heavy atom. The molecule has 0 fully saturated rings. The van der Waals surface area contributed by atoms with E-state index in [1.54, 1.807) is 0 Å². The minimum Gasteiger partial charge on any atom is -0.314 e. The summed E-state index contributed by atoms with van der Waals surface area (Å²) in [4.78, 5) is 32.0. The van der Waals surface area contributed by atoms with E-state index in [9.17, 15) is 32.9 Å². The molecule has 0 saturated carbocycles. The van der Waals surface area contributed by atoms with Gasteiger partial charge in [-0.25, -0.2) is 0 Å². The van der Waals surface area contributed by atoms with Gasteiger partial charge in [0.05, 0.1) is 10.5 Å². The number of ketones is 1. The summed E-state index contributed by atoms with van der Waals surface area (Å²) in [5, 5.41) is 12.6. The van der Waals surface area contributed by atoms with Gasteiger partial charge in [0, 0.05) is 12.5 Å². The van der Waals surface area contributed by atoms with Crippen molar-refractivity contribution in [3.05, 3.63) is 33.9 Å². The van der Waals surface area contributed by atoms with Gasteiger partial charge in [-0.15, -0.1) is 0 Å². The quantitative estimate of drug-likeness (QED) is 0.524. The number of rotatable bonds is 4. The zero-order valence-electron chi connectivity index (χ0n) is 10.2. The van der Waals surface area contributed by atoms with Crippen LogP contribution in [0.25, 0.3) is 0 Å². The summed E-state index contributed by atoms with van der Waals surface area (Å²) in [7, 11) is 0. The van der Waals surface area contributed by atoms with E-state index >= 15 is 0 Å². The van der Waals surface area contributed by atoms with Crippen LogP contribution in [0, 0.1) is 10.1 Å². The first-order chi connectivity index (χ1) is 9.16. The molecule has 1 aromatic rings. The summed E-state index contributed by atoms with van der Waals surface area (Å²) in [6.45, 7) is 1.41. The van der Waals surface area contributed by atoms with E-state index in [1.807, 2.05) is 5.32 Å². The molecule has 20 heavy (non-hydrogen) atoms. The fraction of sp³-hybridized carbons (Fsp3) is 0.273. The summed E-state index contributed by atoms with van der Waals surface area (Å²) in [5.74, 6) is -1.95. The van der Waals surface area contributed by atoms with Crippen LogP contribution in [0.15, 0.2) is 18.2 Å². The molecule has 0 aliphatic heterocycles. The van der Waals surface area contributed by atoms with Gasteiger partial charge in [-0.3, -0.25) is 19.7 Å². The Labute approximate surface area is 110 Å². The van der Waals surface area contributed by atoms with Gasteiger partial charge < -0.3 is 5.32 Å². The largest absolute Gasteiger partial charge is 0.416 e. The topological polar surface area (TPSA) is 89.3 Å². The Morgan fingerprint density at radius 2 is 1.95 bits per heavy atom. The van der Waals surface area contributed by atoms with Gasteiger partial charge >= 0.3 is 6.18 Å². The highest BCUT2D eigenvalue weighted by molar-refractivity contribution is 6.40. The summed E-state index contributed by atoms with van der Waals surface area (Å²) in [6, 6.07) is 1.62. The third-order valence-corrected chi connectivity index (χ3v) is 2.34. The van der Waals surface area contributed by atoms with Crippen LogP contribution in [-0.4, -0.2) is 16.6 Å². The average Bonchev–Trinajstić information content (AvgIpc) is 2.36. The lowest BCUT2D eigenvalue weighted by molar-refractivity contribution is -0.384. The third kappa shape index (κ3) is 3.53. The molecule has 0 aromatic heterocycles. The molecule has 108 valence electrons. The monoisotopic (exact) mass is 290 g/mol. The molecule has 0 bridgehead atoms. The number of hydrogen-bond acceptors (Lipinski definition) is 4. The molecular weight excluding hydrogens is 281 g/mol. The van der Waals surface area contributed by atoms with E-state index in [2.05, 4.69) is 0 Å². The van der Waals surface area contributed by atoms with E-state index in [0.717, 1.165) is 6.07 Å². The van der Waals surface area contributed by atoms with Gasteiger partial charge in [-0.2, -0.15) is 13.2 Å². The highest BCUT2D eigenvalue weighted by Gasteiger charge is 2.33. The maximum Gasteiger partial charge on any atom is 0.416 e. The molecule has 0 saturated heterocycles. The number of anilines is 1. The number of nitrogens with zero attached hydrogens (tertiary/aromatic N) is 1. The Balaban J connectivity index is 3.18. The van der Waals surface area contributed by atoms with Crippen molar-refractivity contribution in [2.45, 2.75) is 19.5 Å². The normalized spacial score (nSPS) is 11.0. The van der Waals surface area contributed by atoms with Crippen LogP contribution in [0.4, 0.5) is 24.5 Å². The fourth-order valence-electron chi connectivity index (χ4n) is 1.32. The zero-order valence-corrected chi connectivity index (χ0v) is 10.2. The molecule has 6 nitrogen and oxygen atoms in total. The summed E-state index contributed by atoms with van der Waals surface area (Å²) >= 11 is 0. The van der Waals surface area contributed by atoms with Gasteiger partial charge in [0.2, 0.25) is 5.78 Å². The average molecular weight is 290 g/mol. The zero-order chi connectivity index (χ0) is 15.5. The fourth-order valence-corrected chi connectivity index (χ4v) is 1.32. The second-order valence-corrected chi connectivity index (χ2v) is 3.72. The Kier molecular flexibility index (Phi) is 4.43. The van der Waals surface area contributed by atoms with Gasteiger partial charge in [0.1, 0.15) is 5.69 Å². The molecule has 0 aliphatic rings. The minimum atomic E-state index is -4.74. The number of nitro benzene ring substituents is 1. The van der Waals surface area contributed by atoms with Crippen LogP contribution in [0.3, 0.4) is 0 Å². The standard InChI is InChI=1S/C11H9F3N2O4/c1-2-9(17)10(18)15-7-4-3-6(11(12,13)14)5-8(7)16(19)20/h3-5H,2H2,1H3,(H,15,18). The van der Waals surface area contributed by atoms with Crippen LogP contribution in [0.2, 0.25) is 0 Å². The molecule has 0 atom stereocenters. The Bertz CT molecular complexity index is 569. The van der Waals surface area contributed by atoms with Gasteiger partial charge in [0.25, 0.3) is 11.6 Å². The van der Waals surface area contributed by atoms with Gasteiger partial charge in [0.15, 0.2) is 0 Å². The van der Waals surface area contributed by atoms with Crippen molar-refractivity contribution in [1.29, 1.82) is 0 Å². The number of carbonyl (C=O) groups excluding carboxylic acids is 2. The molecule has 0 spiro atoms. The molecule has 9 heteroatoms. The van der Waals surface area contributed by atoms with Crippen LogP contribution in [-0.2, 0) is 15.8 Å². The Morgan fingerprint density at radius 1 is 1.35 bits per heavy atom. The summed E-state index contributed by atoms with van der Waals surface area (Å²) in [5.41, 5.74) is -2.61. The van der Waals surface area contributed by atoms with Crippen LogP contribution in [0.1, 0.15) is 18.9 Å². The lowest BCUT2D eigenvalue weighted by Crippen LogP contribution is -2.22. The molecule has 0 radical (unpaired) electrons. The van der Waals surface area contributed by atoms with Crippen molar-refractivity contribution in [3.63, 3.8) is 0 Å². The smallest absolute Gasteiger partial charge is 0.314 e. The first-order valence-corrected chi connectivity index (χ1v) is 5.36. The number of Topliss-reactive ketones (excluding diaryl/α,β-unsaturated/α-hetero) is 1. The van der Waals surface area contributed by atoms with Crippen LogP contribution in [0.5, 0.6) is 0 Å². The number of nitrogens with one attached hydrogen (secondary N) is 1. The van der Waals surface area contributed by atoms with E-state index in [4.69, 9.17) is 0 Å². The maximum absolute atomic E-state index is 12.4. The van der Waals surface area contributed by atoms with Crippen LogP contribution >= 0.6 is 0 Å². The highest BCUT2D eigenvalue weighted by Crippen LogP contribution is 2.34. The second kappa shape index (κ2) is 5.68. The first-order valence-electron chi connectivity index (χ1n) is 5.36. The number of hydrogen-bond donors (Lipinski definition) is 1. The lowest BCUT2D eigenvalue weighted by atomic mass is 10.1. The van der Waals surface area contributed by atoms with Crippen molar-refractivity contribution in [2.24, 2.45) is 0 Å². The van der Waals surface area contributed by atoms with Crippen LogP contribution < -0.4 is 5.32 Å². The molecule has 0 aliphatic carbocycles. The number of halogens is 3. The maximum atomic E-state index is 12.4. The van der Waals surface area contributed by atoms with E-state index in [0.29, 0.717) is 12.1 Å². The first kappa shape index (κ1) is 15.6. The molecule has 1 aromatic carbocycles. The summed E-state index contributed by atoms with van der Waals surface area (Å²) < 4.78 is 37.3. The molecule has 1 amide bonds. The predicted molar refractivity (Wildman–Crippen MR) is 62.0 cm³/mol. The minimum absolute atomic E-state index is 0.125. The third-order valence-electron chi connectivity index (χ3n) is 2.34. The SMILES string of the molecule is CCC(=O)C(=O)Nc1ccc(C(F)(F)F)cc1[N+](=O)[O-]. The van der Waals surface area contributed by atoms with Gasteiger partial charge in [-0.1, -0.05) is 6.92 Å². The van der Waals surface area contributed by atoms with Crippen molar-refractivity contribution in [2.75, 3.05) is 5.32 Å². The second-order valence-electron chi connectivity index (χ2n) is 3.72. The number of amides is 1. The van der Waals surface area contributed by atoms with Crippen molar-refractivity contribution in [3.8, 4) is 0 Å². The van der Waals surface area contributed by atoms with E-state index in [1.165, 1.54) is 6.92 Å². The molecule has 1 rings (SSSR count). The number of carbonyl (C=O) groups is 2.